The lowest BCUT2D eigenvalue weighted by atomic mass is 9.96. The number of hydrogen-bond acceptors (Lipinski definition) is 5. The van der Waals surface area contributed by atoms with E-state index in [2.05, 4.69) is 47.6 Å². The van der Waals surface area contributed by atoms with Crippen LogP contribution >= 0.6 is 0 Å². The number of nitrogens with zero attached hydrogens (tertiary/aromatic N) is 1. The number of morpholine rings is 1. The Labute approximate surface area is 215 Å². The van der Waals surface area contributed by atoms with Crippen LogP contribution in [0.1, 0.15) is 67.4 Å². The van der Waals surface area contributed by atoms with Crippen molar-refractivity contribution in [1.82, 2.24) is 25.3 Å². The fourth-order valence-corrected chi connectivity index (χ4v) is 4.55. The van der Waals surface area contributed by atoms with Gasteiger partial charge in [0.2, 0.25) is 0 Å². The van der Waals surface area contributed by atoms with Crippen LogP contribution in [0, 0.1) is 0 Å². The summed E-state index contributed by atoms with van der Waals surface area (Å²) in [6.07, 6.45) is 9.49. The van der Waals surface area contributed by atoms with Gasteiger partial charge in [0.15, 0.2) is 0 Å². The van der Waals surface area contributed by atoms with Crippen LogP contribution in [0.2, 0.25) is 0 Å². The summed E-state index contributed by atoms with van der Waals surface area (Å²) in [4.78, 5) is 39.4. The minimum Gasteiger partial charge on any atom is -0.378 e. The van der Waals surface area contributed by atoms with Gasteiger partial charge in [0.1, 0.15) is 16.5 Å². The highest BCUT2D eigenvalue weighted by Crippen LogP contribution is 2.26. The molecule has 2 atom stereocenters. The highest BCUT2D eigenvalue weighted by molar-refractivity contribution is 5.61. The Morgan fingerprint density at radius 3 is 2.59 bits per heavy atom. The molecule has 3 aromatic rings. The first-order valence-electron chi connectivity index (χ1n) is 12.8. The number of H-pyrrole nitrogens is 3. The molecule has 1 aliphatic heterocycles. The van der Waals surface area contributed by atoms with Crippen molar-refractivity contribution < 1.29 is 4.74 Å². The zero-order valence-electron chi connectivity index (χ0n) is 21.6. The first-order chi connectivity index (χ1) is 17.9. The Morgan fingerprint density at radius 1 is 1.14 bits per heavy atom. The van der Waals surface area contributed by atoms with E-state index in [0.29, 0.717) is 18.9 Å². The number of rotatable bonds is 8. The van der Waals surface area contributed by atoms with E-state index >= 15 is 0 Å². The third-order valence-electron chi connectivity index (χ3n) is 6.55. The molecule has 4 N–H and O–H groups in total. The average molecular weight is 502 g/mol. The second-order valence-corrected chi connectivity index (χ2v) is 9.51. The molecule has 4 rings (SSSR count). The van der Waals surface area contributed by atoms with E-state index in [0.717, 1.165) is 35.6 Å². The maximum Gasteiger partial charge on any atom is 0.272 e. The van der Waals surface area contributed by atoms with Gasteiger partial charge in [0, 0.05) is 24.2 Å². The van der Waals surface area contributed by atoms with Crippen molar-refractivity contribution in [2.75, 3.05) is 19.8 Å². The number of ether oxygens (including phenoxy) is 1. The summed E-state index contributed by atoms with van der Waals surface area (Å²) < 4.78 is 5.66. The van der Waals surface area contributed by atoms with Gasteiger partial charge in [-0.3, -0.25) is 9.59 Å². The van der Waals surface area contributed by atoms with E-state index in [-0.39, 0.29) is 39.7 Å². The van der Waals surface area contributed by atoms with Crippen LogP contribution in [0.5, 0.6) is 0 Å². The van der Waals surface area contributed by atoms with Gasteiger partial charge in [-0.05, 0) is 41.7 Å². The Morgan fingerprint density at radius 2 is 1.89 bits per heavy atom. The number of aromatic nitrogens is 4. The second kappa shape index (κ2) is 12.0. The summed E-state index contributed by atoms with van der Waals surface area (Å²) in [7, 11) is 0. The Hall–Kier alpha value is -3.75. The van der Waals surface area contributed by atoms with E-state index in [1.54, 1.807) is 24.3 Å². The largest absolute Gasteiger partial charge is 0.378 e. The monoisotopic (exact) mass is 501 g/mol. The second-order valence-electron chi connectivity index (χ2n) is 9.51. The third kappa shape index (κ3) is 6.34. The van der Waals surface area contributed by atoms with Crippen molar-refractivity contribution >= 4 is 24.3 Å². The molecule has 2 unspecified atom stereocenters. The number of benzene rings is 1. The van der Waals surface area contributed by atoms with Gasteiger partial charge in [-0.1, -0.05) is 63.8 Å². The summed E-state index contributed by atoms with van der Waals surface area (Å²) >= 11 is 0. The Balaban J connectivity index is 1.67. The molecule has 2 aromatic heterocycles. The zero-order chi connectivity index (χ0) is 26.4. The van der Waals surface area contributed by atoms with Gasteiger partial charge < -0.3 is 25.0 Å². The zero-order valence-corrected chi connectivity index (χ0v) is 21.6. The summed E-state index contributed by atoms with van der Waals surface area (Å²) in [5, 5.41) is 3.86. The van der Waals surface area contributed by atoms with Gasteiger partial charge in [-0.25, -0.2) is 4.98 Å². The van der Waals surface area contributed by atoms with Gasteiger partial charge in [-0.15, -0.1) is 0 Å². The molecule has 8 nitrogen and oxygen atoms in total. The predicted octanol–water partition coefficient (Wildman–Crippen LogP) is 2.36. The Bertz CT molecular complexity index is 1500. The van der Waals surface area contributed by atoms with E-state index in [1.165, 1.54) is 0 Å². The van der Waals surface area contributed by atoms with Gasteiger partial charge >= 0.3 is 0 Å². The fourth-order valence-electron chi connectivity index (χ4n) is 4.55. The average Bonchev–Trinajstić information content (AvgIpc) is 3.31. The van der Waals surface area contributed by atoms with E-state index < -0.39 is 0 Å². The molecule has 0 aliphatic carbocycles. The third-order valence-corrected chi connectivity index (χ3v) is 6.55. The molecule has 1 aliphatic rings. The molecular formula is C29H35N5O3. The highest BCUT2D eigenvalue weighted by atomic mass is 16.5. The minimum atomic E-state index is -0.387. The lowest BCUT2D eigenvalue weighted by Gasteiger charge is -2.29. The predicted molar refractivity (Wildman–Crippen MR) is 149 cm³/mol. The molecule has 0 amide bonds. The molecular weight excluding hydrogens is 466 g/mol. The Kier molecular flexibility index (Phi) is 8.53. The molecule has 0 saturated carbocycles. The smallest absolute Gasteiger partial charge is 0.272 e. The van der Waals surface area contributed by atoms with Crippen LogP contribution in [-0.4, -0.2) is 45.7 Å². The molecule has 1 aromatic carbocycles. The lowest BCUT2D eigenvalue weighted by molar-refractivity contribution is 0.0664. The van der Waals surface area contributed by atoms with Crippen LogP contribution in [-0.2, 0) is 4.74 Å². The molecule has 1 fully saturated rings. The van der Waals surface area contributed by atoms with Crippen LogP contribution in [0.15, 0.2) is 46.5 Å². The maximum absolute atomic E-state index is 12.9. The van der Waals surface area contributed by atoms with Crippen molar-refractivity contribution in [1.29, 1.82) is 0 Å². The first kappa shape index (κ1) is 26.3. The summed E-state index contributed by atoms with van der Waals surface area (Å²) in [6, 6.07) is 8.00. The first-order valence-corrected chi connectivity index (χ1v) is 12.8. The van der Waals surface area contributed by atoms with Crippen molar-refractivity contribution in [3.05, 3.63) is 96.7 Å². The van der Waals surface area contributed by atoms with Crippen molar-refractivity contribution in [3.8, 4) is 0 Å². The normalized spacial score (nSPS) is 18.1. The standard InChI is InChI=1S/C29H35N5O3/c1-5-19-9-7-10-20(15-19)11-8-12-22-28(35)33-24(29(36)32-22)16-23-26(18(3)4)34-27(31-23)21(6-2)25-17-37-14-13-30-25/h5,7-12,15-16,18,21,25,30H,1,6,13-14,17H2,2-4H3,(H,31,34)(H,32,36)(H,33,35). The van der Waals surface area contributed by atoms with E-state index in [9.17, 15) is 9.59 Å². The maximum atomic E-state index is 12.9. The topological polar surface area (TPSA) is 116 Å². The summed E-state index contributed by atoms with van der Waals surface area (Å²) in [5.41, 5.74) is 2.78. The van der Waals surface area contributed by atoms with Gasteiger partial charge in [0.05, 0.1) is 18.9 Å². The summed E-state index contributed by atoms with van der Waals surface area (Å²) in [5.74, 6) is 1.16. The van der Waals surface area contributed by atoms with Crippen molar-refractivity contribution in [2.45, 2.75) is 45.1 Å². The van der Waals surface area contributed by atoms with Crippen LogP contribution < -0.4 is 27.1 Å². The molecule has 0 spiro atoms. The van der Waals surface area contributed by atoms with E-state index in [1.807, 2.05) is 30.3 Å². The van der Waals surface area contributed by atoms with Gasteiger partial charge in [-0.2, -0.15) is 0 Å². The van der Waals surface area contributed by atoms with Crippen LogP contribution in [0.3, 0.4) is 0 Å². The molecule has 1 saturated heterocycles. The minimum absolute atomic E-state index is 0.147. The van der Waals surface area contributed by atoms with Crippen LogP contribution in [0.25, 0.3) is 24.3 Å². The number of nitrogens with one attached hydrogen (secondary N) is 4. The highest BCUT2D eigenvalue weighted by Gasteiger charge is 2.27. The number of aromatic amines is 3. The van der Waals surface area contributed by atoms with Gasteiger partial charge in [0.25, 0.3) is 11.1 Å². The van der Waals surface area contributed by atoms with Crippen molar-refractivity contribution in [2.24, 2.45) is 0 Å². The molecule has 37 heavy (non-hydrogen) atoms. The summed E-state index contributed by atoms with van der Waals surface area (Å²) in [6.45, 7) is 12.2. The molecule has 194 valence electrons. The lowest BCUT2D eigenvalue weighted by Crippen LogP contribution is -2.46. The number of hydrogen-bond donors (Lipinski definition) is 4. The fraction of sp³-hybridized carbons (Fsp3) is 0.345. The van der Waals surface area contributed by atoms with Crippen LogP contribution in [0.4, 0.5) is 0 Å². The molecule has 3 heterocycles. The molecule has 0 radical (unpaired) electrons. The number of imidazole rings is 1. The molecule has 0 bridgehead atoms. The SMILES string of the molecule is C=Cc1cccc(C=CC=c2[nH]c(=O)c(=Cc3nc(C(CC)C4COCCN4)[nH]c3C(C)C)[nH]c2=O)c1. The number of allylic oxidation sites excluding steroid dienone is 1. The van der Waals surface area contributed by atoms with E-state index in [4.69, 9.17) is 9.72 Å². The quantitative estimate of drug-likeness (QED) is 0.378. The van der Waals surface area contributed by atoms with Crippen molar-refractivity contribution in [3.63, 3.8) is 0 Å². The molecule has 8 heteroatoms.